The molecule has 2 N–H and O–H groups in total. The lowest BCUT2D eigenvalue weighted by Gasteiger charge is -2.25. The highest BCUT2D eigenvalue weighted by molar-refractivity contribution is 5.96. The first-order chi connectivity index (χ1) is 11.9. The number of hydrogen-bond acceptors (Lipinski definition) is 4. The third-order valence-electron chi connectivity index (χ3n) is 4.92. The number of rotatable bonds is 4. The maximum Gasteiger partial charge on any atom is 0.178 e. The van der Waals surface area contributed by atoms with Crippen LogP contribution in [0.5, 0.6) is 0 Å². The number of nitrogens with one attached hydrogen (secondary N) is 2. The van der Waals surface area contributed by atoms with Crippen molar-refractivity contribution in [2.24, 2.45) is 5.92 Å². The predicted octanol–water partition coefficient (Wildman–Crippen LogP) is 3.85. The van der Waals surface area contributed by atoms with Gasteiger partial charge in [0.15, 0.2) is 5.82 Å². The lowest BCUT2D eigenvalue weighted by molar-refractivity contribution is 0.270. The van der Waals surface area contributed by atoms with Crippen molar-refractivity contribution in [1.29, 1.82) is 0 Å². The average molecular weight is 318 g/mol. The number of H-pyrrole nitrogens is 1. The van der Waals surface area contributed by atoms with Gasteiger partial charge in [0, 0.05) is 18.1 Å². The largest absolute Gasteiger partial charge is 0.336 e. The van der Waals surface area contributed by atoms with Gasteiger partial charge in [0.25, 0.3) is 0 Å². The summed E-state index contributed by atoms with van der Waals surface area (Å²) >= 11 is 0. The number of fused-ring (bicyclic) bond motifs is 2. The van der Waals surface area contributed by atoms with E-state index >= 15 is 0 Å². The molecule has 3 aromatic heterocycles. The van der Waals surface area contributed by atoms with E-state index in [1.165, 1.54) is 24.8 Å². The van der Waals surface area contributed by atoms with Crippen LogP contribution in [0.2, 0.25) is 0 Å². The summed E-state index contributed by atoms with van der Waals surface area (Å²) in [5, 5.41) is 16.5. The van der Waals surface area contributed by atoms with E-state index in [9.17, 15) is 0 Å². The van der Waals surface area contributed by atoms with Gasteiger partial charge in [-0.15, -0.1) is 0 Å². The first-order valence-electron chi connectivity index (χ1n) is 8.39. The van der Waals surface area contributed by atoms with E-state index in [1.807, 2.05) is 18.3 Å². The summed E-state index contributed by atoms with van der Waals surface area (Å²) in [6.45, 7) is 1.01. The molecule has 6 nitrogen and oxygen atoms in total. The predicted molar refractivity (Wildman–Crippen MR) is 94.2 cm³/mol. The second-order valence-corrected chi connectivity index (χ2v) is 6.46. The van der Waals surface area contributed by atoms with E-state index in [0.29, 0.717) is 0 Å². The molecule has 4 aromatic rings. The molecule has 5 rings (SSSR count). The van der Waals surface area contributed by atoms with Crippen molar-refractivity contribution >= 4 is 33.4 Å². The summed E-state index contributed by atoms with van der Waals surface area (Å²) in [6, 6.07) is 10.1. The maximum atomic E-state index is 4.60. The molecule has 0 unspecified atom stereocenters. The van der Waals surface area contributed by atoms with E-state index in [2.05, 4.69) is 48.5 Å². The Morgan fingerprint density at radius 3 is 3.04 bits per heavy atom. The van der Waals surface area contributed by atoms with Crippen molar-refractivity contribution in [3.63, 3.8) is 0 Å². The fourth-order valence-electron chi connectivity index (χ4n) is 3.35. The number of aromatic amines is 1. The van der Waals surface area contributed by atoms with Crippen LogP contribution >= 0.6 is 0 Å². The zero-order valence-corrected chi connectivity index (χ0v) is 13.2. The van der Waals surface area contributed by atoms with Gasteiger partial charge in [0.2, 0.25) is 0 Å². The van der Waals surface area contributed by atoms with Crippen LogP contribution in [-0.2, 0) is 6.54 Å². The lowest BCUT2D eigenvalue weighted by Crippen LogP contribution is -2.18. The van der Waals surface area contributed by atoms with E-state index in [4.69, 9.17) is 0 Å². The molecular weight excluding hydrogens is 300 g/mol. The number of anilines is 2. The molecule has 1 fully saturated rings. The van der Waals surface area contributed by atoms with Crippen LogP contribution in [0.15, 0.2) is 42.7 Å². The number of aromatic nitrogens is 5. The van der Waals surface area contributed by atoms with Gasteiger partial charge in [-0.05, 0) is 43.0 Å². The Hall–Kier alpha value is -2.89. The highest BCUT2D eigenvalue weighted by atomic mass is 15.3. The Kier molecular flexibility index (Phi) is 3.01. The minimum Gasteiger partial charge on any atom is -0.336 e. The van der Waals surface area contributed by atoms with E-state index in [0.717, 1.165) is 40.4 Å². The molecule has 3 heterocycles. The Bertz CT molecular complexity index is 1010. The van der Waals surface area contributed by atoms with Crippen molar-refractivity contribution in [1.82, 2.24) is 25.0 Å². The molecule has 120 valence electrons. The molecular formula is C18H18N6. The SMILES string of the molecule is c1cnc2c(Nc3cccc4c3cnn4CC3CCC3)n[nH]c2c1. The van der Waals surface area contributed by atoms with Crippen molar-refractivity contribution in [2.45, 2.75) is 25.8 Å². The molecule has 1 aliphatic rings. The third kappa shape index (κ3) is 2.14. The maximum absolute atomic E-state index is 4.60. The molecule has 0 bridgehead atoms. The van der Waals surface area contributed by atoms with Gasteiger partial charge in [-0.2, -0.15) is 10.2 Å². The minimum absolute atomic E-state index is 0.741. The molecule has 0 radical (unpaired) electrons. The molecule has 1 saturated carbocycles. The standard InChI is InChI=1S/C18H18N6/c1-4-12(5-1)11-24-16-8-2-6-14(13(16)10-20-24)21-18-17-15(22-23-18)7-3-9-19-17/h2-3,6-10,12H,1,4-5,11H2,(H2,21,22,23). The summed E-state index contributed by atoms with van der Waals surface area (Å²) < 4.78 is 2.13. The number of hydrogen-bond donors (Lipinski definition) is 2. The highest BCUT2D eigenvalue weighted by Crippen LogP contribution is 2.31. The Balaban J connectivity index is 1.52. The number of pyridine rings is 1. The van der Waals surface area contributed by atoms with E-state index in [1.54, 1.807) is 6.20 Å². The van der Waals surface area contributed by atoms with E-state index < -0.39 is 0 Å². The van der Waals surface area contributed by atoms with Gasteiger partial charge in [0.05, 0.1) is 22.9 Å². The van der Waals surface area contributed by atoms with Gasteiger partial charge >= 0.3 is 0 Å². The molecule has 0 amide bonds. The monoisotopic (exact) mass is 318 g/mol. The van der Waals surface area contributed by atoms with Crippen LogP contribution in [0, 0.1) is 5.92 Å². The van der Waals surface area contributed by atoms with Gasteiger partial charge in [-0.1, -0.05) is 12.5 Å². The van der Waals surface area contributed by atoms with Gasteiger partial charge in [-0.3, -0.25) is 14.8 Å². The second-order valence-electron chi connectivity index (χ2n) is 6.46. The summed E-state index contributed by atoms with van der Waals surface area (Å²) in [4.78, 5) is 4.40. The average Bonchev–Trinajstić information content (AvgIpc) is 3.16. The lowest BCUT2D eigenvalue weighted by atomic mass is 9.85. The molecule has 0 spiro atoms. The molecule has 0 aliphatic heterocycles. The summed E-state index contributed by atoms with van der Waals surface area (Å²) in [5.41, 5.74) is 3.94. The fourth-order valence-corrected chi connectivity index (χ4v) is 3.35. The second kappa shape index (κ2) is 5.33. The number of benzene rings is 1. The van der Waals surface area contributed by atoms with Crippen LogP contribution in [0.4, 0.5) is 11.5 Å². The zero-order chi connectivity index (χ0) is 15.9. The third-order valence-corrected chi connectivity index (χ3v) is 4.92. The first-order valence-corrected chi connectivity index (χ1v) is 8.39. The molecule has 0 saturated heterocycles. The Morgan fingerprint density at radius 1 is 1.21 bits per heavy atom. The van der Waals surface area contributed by atoms with Crippen LogP contribution < -0.4 is 5.32 Å². The quantitative estimate of drug-likeness (QED) is 0.599. The molecule has 1 aromatic carbocycles. The Morgan fingerprint density at radius 2 is 2.17 bits per heavy atom. The molecule has 24 heavy (non-hydrogen) atoms. The Labute approximate surface area is 138 Å². The van der Waals surface area contributed by atoms with Crippen molar-refractivity contribution in [2.75, 3.05) is 5.32 Å². The van der Waals surface area contributed by atoms with Gasteiger partial charge < -0.3 is 5.32 Å². The van der Waals surface area contributed by atoms with Crippen LogP contribution in [0.1, 0.15) is 19.3 Å². The topological polar surface area (TPSA) is 71.4 Å². The van der Waals surface area contributed by atoms with Crippen molar-refractivity contribution < 1.29 is 0 Å². The highest BCUT2D eigenvalue weighted by Gasteiger charge is 2.19. The summed E-state index contributed by atoms with van der Waals surface area (Å²) in [6.07, 6.45) is 7.73. The van der Waals surface area contributed by atoms with Crippen molar-refractivity contribution in [3.05, 3.63) is 42.7 Å². The number of nitrogens with zero attached hydrogens (tertiary/aromatic N) is 4. The summed E-state index contributed by atoms with van der Waals surface area (Å²) in [5.74, 6) is 1.52. The van der Waals surface area contributed by atoms with E-state index in [-0.39, 0.29) is 0 Å². The van der Waals surface area contributed by atoms with Gasteiger partial charge in [-0.25, -0.2) is 0 Å². The first kappa shape index (κ1) is 13.5. The molecule has 0 atom stereocenters. The van der Waals surface area contributed by atoms with Crippen LogP contribution in [-0.4, -0.2) is 25.0 Å². The van der Waals surface area contributed by atoms with Crippen LogP contribution in [0.3, 0.4) is 0 Å². The van der Waals surface area contributed by atoms with Crippen LogP contribution in [0.25, 0.3) is 21.9 Å². The fraction of sp³-hybridized carbons (Fsp3) is 0.278. The van der Waals surface area contributed by atoms with Crippen molar-refractivity contribution in [3.8, 4) is 0 Å². The molecule has 1 aliphatic carbocycles. The smallest absolute Gasteiger partial charge is 0.178 e. The minimum atomic E-state index is 0.741. The normalized spacial score (nSPS) is 15.0. The summed E-state index contributed by atoms with van der Waals surface area (Å²) in [7, 11) is 0. The zero-order valence-electron chi connectivity index (χ0n) is 13.2. The van der Waals surface area contributed by atoms with Gasteiger partial charge in [0.1, 0.15) is 5.52 Å². The molecule has 6 heteroatoms.